The van der Waals surface area contributed by atoms with E-state index in [2.05, 4.69) is 0 Å². The van der Waals surface area contributed by atoms with Gasteiger partial charge < -0.3 is 29.4 Å². The Morgan fingerprint density at radius 1 is 0.800 bits per heavy atom. The monoisotopic (exact) mass is 565 g/mol. The predicted octanol–water partition coefficient (Wildman–Crippen LogP) is 5.66. The third-order valence-electron chi connectivity index (χ3n) is 6.16. The summed E-state index contributed by atoms with van der Waals surface area (Å²) in [6.07, 6.45) is 3.81. The van der Waals surface area contributed by atoms with Gasteiger partial charge >= 0.3 is 24.1 Å². The molecule has 10 nitrogen and oxygen atoms in total. The van der Waals surface area contributed by atoms with Crippen LogP contribution in [-0.2, 0) is 35.0 Å². The molecule has 3 atom stereocenters. The van der Waals surface area contributed by atoms with Crippen molar-refractivity contribution in [2.45, 2.75) is 118 Å². The van der Waals surface area contributed by atoms with Gasteiger partial charge in [-0.05, 0) is 56.7 Å². The van der Waals surface area contributed by atoms with Crippen molar-refractivity contribution < 1.29 is 42.9 Å². The van der Waals surface area contributed by atoms with Crippen LogP contribution in [0, 0.1) is 5.92 Å². The van der Waals surface area contributed by atoms with E-state index < -0.39 is 36.2 Å². The number of hydrogen-bond acceptors (Lipinski definition) is 10. The van der Waals surface area contributed by atoms with E-state index in [1.807, 2.05) is 27.7 Å². The zero-order valence-electron chi connectivity index (χ0n) is 24.9. The molecule has 0 saturated carbocycles. The first kappa shape index (κ1) is 34.9. The lowest BCUT2D eigenvalue weighted by Crippen LogP contribution is -2.37. The average molecular weight is 566 g/mol. The third kappa shape index (κ3) is 14.3. The summed E-state index contributed by atoms with van der Waals surface area (Å²) in [5.74, 6) is -1.17. The highest BCUT2D eigenvalue weighted by atomic mass is 16.7. The molecule has 226 valence electrons. The topological polar surface area (TPSA) is 140 Å². The van der Waals surface area contributed by atoms with Gasteiger partial charge in [0, 0.05) is 12.8 Å². The number of benzene rings is 1. The second kappa shape index (κ2) is 19.0. The van der Waals surface area contributed by atoms with Crippen LogP contribution in [0.5, 0.6) is 11.5 Å². The van der Waals surface area contributed by atoms with Gasteiger partial charge in [0.1, 0.15) is 24.9 Å². The number of carbonyl (C=O) groups excluding carboxylic acids is 4. The van der Waals surface area contributed by atoms with Gasteiger partial charge in [-0.15, -0.1) is 0 Å². The van der Waals surface area contributed by atoms with Gasteiger partial charge in [0.05, 0.1) is 0 Å². The van der Waals surface area contributed by atoms with E-state index in [4.69, 9.17) is 29.4 Å². The van der Waals surface area contributed by atoms with E-state index in [1.54, 1.807) is 19.9 Å². The van der Waals surface area contributed by atoms with Gasteiger partial charge in [-0.1, -0.05) is 59.4 Å². The lowest BCUT2D eigenvalue weighted by molar-refractivity contribution is -0.152. The van der Waals surface area contributed by atoms with Crippen LogP contribution in [0.25, 0.3) is 0 Å². The van der Waals surface area contributed by atoms with Crippen LogP contribution in [0.3, 0.4) is 0 Å². The predicted molar refractivity (Wildman–Crippen MR) is 150 cm³/mol. The third-order valence-corrected chi connectivity index (χ3v) is 6.16. The van der Waals surface area contributed by atoms with Crippen molar-refractivity contribution in [2.75, 3.05) is 6.61 Å². The Hall–Kier alpha value is -3.14. The summed E-state index contributed by atoms with van der Waals surface area (Å²) in [7, 11) is 0. The summed E-state index contributed by atoms with van der Waals surface area (Å²) in [5.41, 5.74) is 6.66. The van der Waals surface area contributed by atoms with Gasteiger partial charge in [0.2, 0.25) is 0 Å². The van der Waals surface area contributed by atoms with Crippen LogP contribution in [0.15, 0.2) is 18.2 Å². The molecule has 0 heterocycles. The van der Waals surface area contributed by atoms with Gasteiger partial charge in [0.15, 0.2) is 11.5 Å². The maximum absolute atomic E-state index is 12.5. The van der Waals surface area contributed by atoms with Crippen LogP contribution < -0.4 is 15.2 Å². The maximum Gasteiger partial charge on any atom is 0.508 e. The SMILES string of the molecule is CCCCCC(=O)Oc1ccc(C[C@H](N)C(=O)O[C@@H](C)COC(=O)OC(C)C(C)C)cc1OC(=O)CCCCC. The van der Waals surface area contributed by atoms with E-state index in [0.29, 0.717) is 18.4 Å². The van der Waals surface area contributed by atoms with Crippen LogP contribution in [0.1, 0.15) is 98.5 Å². The van der Waals surface area contributed by atoms with E-state index in [0.717, 1.165) is 25.7 Å². The molecule has 0 fully saturated rings. The molecule has 0 aliphatic rings. The minimum absolute atomic E-state index is 0.0749. The fraction of sp³-hybridized carbons (Fsp3) is 0.667. The highest BCUT2D eigenvalue weighted by Gasteiger charge is 2.22. The molecule has 1 aromatic carbocycles. The molecule has 0 bridgehead atoms. The molecule has 0 amide bonds. The molecule has 0 aliphatic heterocycles. The Kier molecular flexibility index (Phi) is 16.6. The van der Waals surface area contributed by atoms with Crippen molar-refractivity contribution in [3.63, 3.8) is 0 Å². The number of ether oxygens (including phenoxy) is 5. The lowest BCUT2D eigenvalue weighted by atomic mass is 10.1. The minimum Gasteiger partial charge on any atom is -0.458 e. The van der Waals surface area contributed by atoms with Crippen molar-refractivity contribution in [2.24, 2.45) is 11.7 Å². The zero-order chi connectivity index (χ0) is 30.1. The number of unbranched alkanes of at least 4 members (excludes halogenated alkanes) is 4. The van der Waals surface area contributed by atoms with Crippen molar-refractivity contribution >= 4 is 24.1 Å². The smallest absolute Gasteiger partial charge is 0.458 e. The second-order valence-electron chi connectivity index (χ2n) is 10.3. The first-order valence-corrected chi connectivity index (χ1v) is 14.3. The number of carbonyl (C=O) groups is 4. The summed E-state index contributed by atoms with van der Waals surface area (Å²) >= 11 is 0. The van der Waals surface area contributed by atoms with E-state index in [1.165, 1.54) is 12.1 Å². The maximum atomic E-state index is 12.5. The largest absolute Gasteiger partial charge is 0.508 e. The summed E-state index contributed by atoms with van der Waals surface area (Å²) in [5, 5.41) is 0. The molecule has 0 spiro atoms. The molecular weight excluding hydrogens is 518 g/mol. The molecule has 0 aliphatic carbocycles. The quantitative estimate of drug-likeness (QED) is 0.135. The Balaban J connectivity index is 2.80. The molecule has 1 unspecified atom stereocenters. The number of esters is 3. The molecule has 10 heteroatoms. The van der Waals surface area contributed by atoms with Crippen molar-refractivity contribution in [3.8, 4) is 11.5 Å². The lowest BCUT2D eigenvalue weighted by Gasteiger charge is -2.19. The molecule has 0 saturated heterocycles. The first-order valence-electron chi connectivity index (χ1n) is 14.3. The molecular formula is C30H47NO9. The normalized spacial score (nSPS) is 13.2. The van der Waals surface area contributed by atoms with Crippen molar-refractivity contribution in [1.82, 2.24) is 0 Å². The number of nitrogens with two attached hydrogens (primary N) is 1. The van der Waals surface area contributed by atoms with Crippen molar-refractivity contribution in [3.05, 3.63) is 23.8 Å². The van der Waals surface area contributed by atoms with E-state index >= 15 is 0 Å². The Labute approximate surface area is 238 Å². The molecule has 1 rings (SSSR count). The summed E-state index contributed by atoms with van der Waals surface area (Å²) in [6, 6.07) is 3.68. The van der Waals surface area contributed by atoms with Crippen molar-refractivity contribution in [1.29, 1.82) is 0 Å². The van der Waals surface area contributed by atoms with Gasteiger partial charge in [-0.2, -0.15) is 0 Å². The van der Waals surface area contributed by atoms with Gasteiger partial charge in [-0.25, -0.2) is 4.79 Å². The van der Waals surface area contributed by atoms with Crippen LogP contribution in [-0.4, -0.2) is 48.9 Å². The second-order valence-corrected chi connectivity index (χ2v) is 10.3. The Morgan fingerprint density at radius 3 is 1.93 bits per heavy atom. The number of rotatable bonds is 18. The molecule has 1 aromatic rings. The highest BCUT2D eigenvalue weighted by molar-refractivity contribution is 5.77. The van der Waals surface area contributed by atoms with E-state index in [9.17, 15) is 19.2 Å². The highest BCUT2D eigenvalue weighted by Crippen LogP contribution is 2.30. The summed E-state index contributed by atoms with van der Waals surface area (Å²) < 4.78 is 26.5. The van der Waals surface area contributed by atoms with Crippen LogP contribution >= 0.6 is 0 Å². The molecule has 40 heavy (non-hydrogen) atoms. The van der Waals surface area contributed by atoms with Crippen LogP contribution in [0.4, 0.5) is 4.79 Å². The van der Waals surface area contributed by atoms with E-state index in [-0.39, 0.29) is 49.4 Å². The van der Waals surface area contributed by atoms with Gasteiger partial charge in [0.25, 0.3) is 0 Å². The molecule has 0 aromatic heterocycles. The summed E-state index contributed by atoms with van der Waals surface area (Å²) in [4.78, 5) is 49.0. The Morgan fingerprint density at radius 2 is 1.38 bits per heavy atom. The molecule has 2 N–H and O–H groups in total. The Bertz CT molecular complexity index is 947. The van der Waals surface area contributed by atoms with Crippen LogP contribution in [0.2, 0.25) is 0 Å². The fourth-order valence-electron chi connectivity index (χ4n) is 3.39. The average Bonchev–Trinajstić information content (AvgIpc) is 2.89. The molecule has 0 radical (unpaired) electrons. The fourth-order valence-corrected chi connectivity index (χ4v) is 3.39. The minimum atomic E-state index is -1.04. The standard InChI is InChI=1S/C30H47NO9/c1-7-9-11-13-27(32)39-25-16-15-23(18-26(25)40-28(33)14-12-10-8-2)17-24(31)29(34)37-21(5)19-36-30(35)38-22(6)20(3)4/h15-16,18,20-22,24H,7-14,17,19,31H2,1-6H3/t21-,22?,24-/m0/s1. The van der Waals surface area contributed by atoms with Gasteiger partial charge in [-0.3, -0.25) is 14.4 Å². The first-order chi connectivity index (χ1) is 19.0. The summed E-state index contributed by atoms with van der Waals surface area (Å²) in [6.45, 7) is 11.1. The zero-order valence-corrected chi connectivity index (χ0v) is 24.9. The number of hydrogen-bond donors (Lipinski definition) is 1.